The van der Waals surface area contributed by atoms with Crippen molar-refractivity contribution >= 4 is 40.8 Å². The van der Waals surface area contributed by atoms with E-state index in [0.29, 0.717) is 21.4 Å². The quantitative estimate of drug-likeness (QED) is 0.868. The molecule has 2 rings (SSSR count). The van der Waals surface area contributed by atoms with Gasteiger partial charge < -0.3 is 5.73 Å². The number of aromatic nitrogens is 3. The molecule has 0 aliphatic carbocycles. The van der Waals surface area contributed by atoms with Crippen LogP contribution >= 0.6 is 34.8 Å². The molecule has 1 heterocycles. The van der Waals surface area contributed by atoms with Crippen LogP contribution in [0.1, 0.15) is 0 Å². The number of nitrogens with zero attached hydrogens (tertiary/aromatic N) is 3. The van der Waals surface area contributed by atoms with Crippen molar-refractivity contribution in [1.82, 2.24) is 15.0 Å². The second kappa shape index (κ2) is 4.41. The summed E-state index contributed by atoms with van der Waals surface area (Å²) in [5.74, 6) is 0.382. The predicted molar refractivity (Wildman–Crippen MR) is 64.7 cm³/mol. The molecular formula is C9H5Cl3N4. The van der Waals surface area contributed by atoms with Crippen molar-refractivity contribution < 1.29 is 0 Å². The van der Waals surface area contributed by atoms with E-state index in [4.69, 9.17) is 40.5 Å². The summed E-state index contributed by atoms with van der Waals surface area (Å²) in [6.45, 7) is 0. The molecule has 1 aromatic carbocycles. The first-order chi connectivity index (χ1) is 7.54. The Morgan fingerprint density at radius 3 is 2.06 bits per heavy atom. The van der Waals surface area contributed by atoms with Crippen molar-refractivity contribution in [2.45, 2.75) is 0 Å². The highest BCUT2D eigenvalue weighted by molar-refractivity contribution is 6.35. The highest BCUT2D eigenvalue weighted by Gasteiger charge is 2.07. The van der Waals surface area contributed by atoms with Gasteiger partial charge in [0.25, 0.3) is 0 Å². The van der Waals surface area contributed by atoms with Gasteiger partial charge in [0.15, 0.2) is 5.82 Å². The van der Waals surface area contributed by atoms with Crippen molar-refractivity contribution in [1.29, 1.82) is 0 Å². The lowest BCUT2D eigenvalue weighted by molar-refractivity contribution is 1.07. The van der Waals surface area contributed by atoms with Gasteiger partial charge in [-0.2, -0.15) is 15.0 Å². The molecule has 0 unspecified atom stereocenters. The predicted octanol–water partition coefficient (Wildman–Crippen LogP) is 3.08. The monoisotopic (exact) mass is 274 g/mol. The molecule has 0 radical (unpaired) electrons. The summed E-state index contributed by atoms with van der Waals surface area (Å²) in [5, 5.41) is 0.994. The average Bonchev–Trinajstić information content (AvgIpc) is 2.14. The average molecular weight is 276 g/mol. The topological polar surface area (TPSA) is 64.7 Å². The molecule has 0 amide bonds. The minimum Gasteiger partial charge on any atom is -0.368 e. The maximum Gasteiger partial charge on any atom is 0.227 e. The van der Waals surface area contributed by atoms with Gasteiger partial charge in [0.2, 0.25) is 11.2 Å². The number of rotatable bonds is 1. The molecule has 0 bridgehead atoms. The molecule has 16 heavy (non-hydrogen) atoms. The normalized spacial score (nSPS) is 10.4. The Kier molecular flexibility index (Phi) is 3.14. The number of nitrogens with two attached hydrogens (primary N) is 1. The van der Waals surface area contributed by atoms with Crippen molar-refractivity contribution in [2.24, 2.45) is 0 Å². The highest BCUT2D eigenvalue weighted by atomic mass is 35.5. The summed E-state index contributed by atoms with van der Waals surface area (Å²) in [7, 11) is 0. The van der Waals surface area contributed by atoms with Gasteiger partial charge in [-0.25, -0.2) is 0 Å². The number of hydrogen-bond donors (Lipinski definition) is 1. The molecule has 2 N–H and O–H groups in total. The fourth-order valence-corrected chi connectivity index (χ4v) is 1.87. The van der Waals surface area contributed by atoms with Crippen LogP contribution in [-0.4, -0.2) is 15.0 Å². The zero-order valence-corrected chi connectivity index (χ0v) is 10.1. The SMILES string of the molecule is Nc1nc(Cl)nc(-c2cc(Cl)cc(Cl)c2)n1. The maximum absolute atomic E-state index is 5.86. The molecule has 1 aromatic heterocycles. The van der Waals surface area contributed by atoms with Crippen LogP contribution in [0.2, 0.25) is 15.3 Å². The number of benzene rings is 1. The van der Waals surface area contributed by atoms with Crippen LogP contribution < -0.4 is 5.73 Å². The fraction of sp³-hybridized carbons (Fsp3) is 0. The van der Waals surface area contributed by atoms with Crippen LogP contribution in [-0.2, 0) is 0 Å². The van der Waals surface area contributed by atoms with Crippen LogP contribution in [0.25, 0.3) is 11.4 Å². The number of nitrogen functional groups attached to an aromatic ring is 1. The van der Waals surface area contributed by atoms with E-state index in [1.807, 2.05) is 0 Å². The minimum absolute atomic E-state index is 0.0265. The molecule has 82 valence electrons. The van der Waals surface area contributed by atoms with E-state index >= 15 is 0 Å². The summed E-state index contributed by atoms with van der Waals surface area (Å²) in [5.41, 5.74) is 6.09. The second-order valence-corrected chi connectivity index (χ2v) is 4.16. The van der Waals surface area contributed by atoms with Gasteiger partial charge >= 0.3 is 0 Å². The van der Waals surface area contributed by atoms with Gasteiger partial charge in [0.1, 0.15) is 0 Å². The second-order valence-electron chi connectivity index (χ2n) is 2.94. The molecule has 2 aromatic rings. The largest absolute Gasteiger partial charge is 0.368 e. The first-order valence-electron chi connectivity index (χ1n) is 4.18. The summed E-state index contributed by atoms with van der Waals surface area (Å²) >= 11 is 17.4. The third kappa shape index (κ3) is 2.52. The van der Waals surface area contributed by atoms with Crippen molar-refractivity contribution in [3.05, 3.63) is 33.5 Å². The van der Waals surface area contributed by atoms with E-state index in [1.54, 1.807) is 18.2 Å². The van der Waals surface area contributed by atoms with Crippen LogP contribution in [0.5, 0.6) is 0 Å². The molecule has 0 saturated heterocycles. The Hall–Kier alpha value is -1.10. The van der Waals surface area contributed by atoms with E-state index in [-0.39, 0.29) is 11.2 Å². The molecule has 0 saturated carbocycles. The molecule has 0 spiro atoms. The van der Waals surface area contributed by atoms with Crippen LogP contribution in [0, 0.1) is 0 Å². The third-order valence-corrected chi connectivity index (χ3v) is 2.35. The molecule has 0 aliphatic heterocycles. The first kappa shape index (κ1) is 11.4. The Bertz CT molecular complexity index is 454. The van der Waals surface area contributed by atoms with Crippen molar-refractivity contribution in [3.63, 3.8) is 0 Å². The van der Waals surface area contributed by atoms with E-state index < -0.39 is 0 Å². The lowest BCUT2D eigenvalue weighted by atomic mass is 10.2. The summed E-state index contributed by atoms with van der Waals surface area (Å²) in [6, 6.07) is 4.94. The first-order valence-corrected chi connectivity index (χ1v) is 5.31. The Morgan fingerprint density at radius 1 is 0.875 bits per heavy atom. The Balaban J connectivity index is 2.57. The zero-order valence-electron chi connectivity index (χ0n) is 7.78. The van der Waals surface area contributed by atoms with Gasteiger partial charge in [-0.3, -0.25) is 0 Å². The molecule has 4 nitrogen and oxygen atoms in total. The van der Waals surface area contributed by atoms with E-state index in [9.17, 15) is 0 Å². The van der Waals surface area contributed by atoms with Gasteiger partial charge in [0, 0.05) is 15.6 Å². The molecule has 0 aliphatic rings. The maximum atomic E-state index is 5.86. The van der Waals surface area contributed by atoms with Crippen LogP contribution in [0.4, 0.5) is 5.95 Å². The van der Waals surface area contributed by atoms with Gasteiger partial charge in [-0.05, 0) is 29.8 Å². The van der Waals surface area contributed by atoms with Gasteiger partial charge in [-0.15, -0.1) is 0 Å². The smallest absolute Gasteiger partial charge is 0.227 e. The number of halogens is 3. The Labute approximate surface area is 106 Å². The van der Waals surface area contributed by atoms with E-state index in [1.165, 1.54) is 0 Å². The molecular weight excluding hydrogens is 270 g/mol. The molecule has 0 fully saturated rings. The van der Waals surface area contributed by atoms with E-state index in [0.717, 1.165) is 0 Å². The van der Waals surface area contributed by atoms with E-state index in [2.05, 4.69) is 15.0 Å². The fourth-order valence-electron chi connectivity index (χ4n) is 1.18. The highest BCUT2D eigenvalue weighted by Crippen LogP contribution is 2.25. The lowest BCUT2D eigenvalue weighted by Gasteiger charge is -2.02. The summed E-state index contributed by atoms with van der Waals surface area (Å²) in [4.78, 5) is 11.5. The van der Waals surface area contributed by atoms with Gasteiger partial charge in [-0.1, -0.05) is 23.2 Å². The standard InChI is InChI=1S/C9H5Cl3N4/c10-5-1-4(2-6(11)3-5)7-14-8(12)16-9(13)15-7/h1-3H,(H2,13,14,15,16). The van der Waals surface area contributed by atoms with Gasteiger partial charge in [0.05, 0.1) is 0 Å². The molecule has 7 heteroatoms. The number of hydrogen-bond acceptors (Lipinski definition) is 4. The third-order valence-electron chi connectivity index (χ3n) is 1.75. The minimum atomic E-state index is 0.0265. The number of anilines is 1. The van der Waals surface area contributed by atoms with Crippen LogP contribution in [0.3, 0.4) is 0 Å². The molecule has 0 atom stereocenters. The van der Waals surface area contributed by atoms with Crippen molar-refractivity contribution in [3.8, 4) is 11.4 Å². The Morgan fingerprint density at radius 2 is 1.50 bits per heavy atom. The summed E-state index contributed by atoms with van der Waals surface area (Å²) < 4.78 is 0. The van der Waals surface area contributed by atoms with Crippen molar-refractivity contribution in [2.75, 3.05) is 5.73 Å². The van der Waals surface area contributed by atoms with Crippen LogP contribution in [0.15, 0.2) is 18.2 Å². The zero-order chi connectivity index (χ0) is 11.7. The summed E-state index contributed by atoms with van der Waals surface area (Å²) in [6.07, 6.45) is 0. The lowest BCUT2D eigenvalue weighted by Crippen LogP contribution is -1.99.